The number of para-hydroxylation sites is 2. The molecule has 6 aromatic rings. The molecule has 6 rings (SSSR count). The molecule has 0 bridgehead atoms. The molecule has 9 heteroatoms. The molecule has 0 saturated heterocycles. The number of nitrogens with one attached hydrogen (secondary N) is 2. The molecule has 0 aliphatic heterocycles. The molecule has 0 aliphatic rings. The molecule has 0 unspecified atom stereocenters. The zero-order valence-corrected chi connectivity index (χ0v) is 25.2. The van der Waals surface area contributed by atoms with E-state index in [1.165, 1.54) is 0 Å². The molecule has 0 fully saturated rings. The van der Waals surface area contributed by atoms with Crippen molar-refractivity contribution in [2.24, 2.45) is 0 Å². The Bertz CT molecular complexity index is 1880. The summed E-state index contributed by atoms with van der Waals surface area (Å²) in [5, 5.41) is 6.07. The molecule has 0 saturated carbocycles. The highest BCUT2D eigenvalue weighted by molar-refractivity contribution is 6.07. The first kappa shape index (κ1) is 29.1. The lowest BCUT2D eigenvalue weighted by molar-refractivity contribution is 0.0947. The van der Waals surface area contributed by atoms with Crippen LogP contribution >= 0.6 is 0 Å². The summed E-state index contributed by atoms with van der Waals surface area (Å²) in [5.41, 5.74) is 9.09. The second kappa shape index (κ2) is 12.7. The largest absolute Gasteiger partial charge is 0.352 e. The van der Waals surface area contributed by atoms with E-state index in [9.17, 15) is 9.59 Å². The molecular weight excluding hydrogens is 550 g/mol. The van der Waals surface area contributed by atoms with Crippen LogP contribution in [0.2, 0.25) is 0 Å². The van der Waals surface area contributed by atoms with E-state index < -0.39 is 0 Å². The Balaban J connectivity index is 0.966. The highest BCUT2D eigenvalue weighted by Crippen LogP contribution is 2.22. The van der Waals surface area contributed by atoms with Gasteiger partial charge in [-0.05, 0) is 106 Å². The molecule has 2 heterocycles. The SMILES string of the molecule is Cc1ccc2nc3cccc(C(=O)NCCCN(C)CCCNC(=O)c4cccc5nc6ccc(C)cc6nc45)c3nc2c1. The fraction of sp³-hybridized carbons (Fsp3) is 0.257. The predicted octanol–water partition coefficient (Wildman–Crippen LogP) is 5.37. The van der Waals surface area contributed by atoms with Gasteiger partial charge in [0, 0.05) is 13.1 Å². The first-order valence-corrected chi connectivity index (χ1v) is 14.9. The molecule has 2 N–H and O–H groups in total. The molecule has 0 aliphatic carbocycles. The van der Waals surface area contributed by atoms with Gasteiger partial charge in [-0.2, -0.15) is 0 Å². The van der Waals surface area contributed by atoms with Crippen molar-refractivity contribution in [1.82, 2.24) is 35.5 Å². The highest BCUT2D eigenvalue weighted by Gasteiger charge is 2.14. The maximum absolute atomic E-state index is 13.0. The number of carbonyl (C=O) groups excluding carboxylic acids is 2. The van der Waals surface area contributed by atoms with E-state index in [-0.39, 0.29) is 11.8 Å². The van der Waals surface area contributed by atoms with E-state index in [1.807, 2.05) is 81.6 Å². The van der Waals surface area contributed by atoms with Crippen LogP contribution in [0.15, 0.2) is 72.8 Å². The van der Waals surface area contributed by atoms with E-state index in [0.717, 1.165) is 59.1 Å². The van der Waals surface area contributed by atoms with Crippen molar-refractivity contribution in [1.29, 1.82) is 0 Å². The van der Waals surface area contributed by atoms with Gasteiger partial charge in [0.15, 0.2) is 0 Å². The Morgan fingerprint density at radius 3 is 1.50 bits per heavy atom. The first-order chi connectivity index (χ1) is 21.4. The molecule has 9 nitrogen and oxygen atoms in total. The second-order valence-electron chi connectivity index (χ2n) is 11.3. The lowest BCUT2D eigenvalue weighted by Gasteiger charge is -2.17. The van der Waals surface area contributed by atoms with Gasteiger partial charge in [0.2, 0.25) is 0 Å². The van der Waals surface area contributed by atoms with Gasteiger partial charge in [0.05, 0.1) is 44.2 Å². The van der Waals surface area contributed by atoms with Gasteiger partial charge in [-0.25, -0.2) is 19.9 Å². The topological polar surface area (TPSA) is 113 Å². The number of carbonyl (C=O) groups is 2. The molecule has 0 radical (unpaired) electrons. The van der Waals surface area contributed by atoms with Crippen LogP contribution in [-0.2, 0) is 0 Å². The van der Waals surface area contributed by atoms with Crippen LogP contribution in [0.4, 0.5) is 0 Å². The number of hydrogen-bond acceptors (Lipinski definition) is 7. The van der Waals surface area contributed by atoms with Crippen LogP contribution in [0.5, 0.6) is 0 Å². The Labute approximate surface area is 255 Å². The molecule has 44 heavy (non-hydrogen) atoms. The summed E-state index contributed by atoms with van der Waals surface area (Å²) in [5.74, 6) is -0.299. The fourth-order valence-electron chi connectivity index (χ4n) is 5.38. The van der Waals surface area contributed by atoms with Crippen LogP contribution in [0.1, 0.15) is 44.7 Å². The second-order valence-corrected chi connectivity index (χ2v) is 11.3. The van der Waals surface area contributed by atoms with Crippen LogP contribution in [0.25, 0.3) is 44.1 Å². The average molecular weight is 586 g/mol. The molecule has 0 spiro atoms. The van der Waals surface area contributed by atoms with Gasteiger partial charge in [0.25, 0.3) is 11.8 Å². The summed E-state index contributed by atoms with van der Waals surface area (Å²) in [7, 11) is 2.05. The highest BCUT2D eigenvalue weighted by atomic mass is 16.2. The van der Waals surface area contributed by atoms with Crippen LogP contribution in [0, 0.1) is 13.8 Å². The number of aromatic nitrogens is 4. The number of amides is 2. The van der Waals surface area contributed by atoms with E-state index in [0.29, 0.717) is 46.3 Å². The summed E-state index contributed by atoms with van der Waals surface area (Å²) in [6.45, 7) is 6.76. The molecule has 4 aromatic carbocycles. The van der Waals surface area contributed by atoms with Crippen molar-refractivity contribution in [3.05, 3.63) is 95.1 Å². The normalized spacial score (nSPS) is 11.5. The van der Waals surface area contributed by atoms with Gasteiger partial charge in [-0.15, -0.1) is 0 Å². The Morgan fingerprint density at radius 1 is 0.591 bits per heavy atom. The van der Waals surface area contributed by atoms with Gasteiger partial charge in [0.1, 0.15) is 11.0 Å². The van der Waals surface area contributed by atoms with Gasteiger partial charge in [-0.3, -0.25) is 9.59 Å². The fourth-order valence-corrected chi connectivity index (χ4v) is 5.38. The van der Waals surface area contributed by atoms with E-state index in [4.69, 9.17) is 19.9 Å². The maximum atomic E-state index is 13.0. The smallest absolute Gasteiger partial charge is 0.253 e. The molecular formula is C35H35N7O2. The number of aryl methyl sites for hydroxylation is 2. The predicted molar refractivity (Wildman–Crippen MR) is 175 cm³/mol. The zero-order valence-electron chi connectivity index (χ0n) is 25.2. The Morgan fingerprint density at radius 2 is 1.05 bits per heavy atom. The third-order valence-corrected chi connectivity index (χ3v) is 7.73. The number of hydrogen-bond donors (Lipinski definition) is 2. The summed E-state index contributed by atoms with van der Waals surface area (Å²) in [4.78, 5) is 47.1. The van der Waals surface area contributed by atoms with Crippen molar-refractivity contribution in [3.63, 3.8) is 0 Å². The summed E-state index contributed by atoms with van der Waals surface area (Å²) in [6, 6.07) is 22.9. The molecule has 0 atom stereocenters. The lowest BCUT2D eigenvalue weighted by atomic mass is 10.1. The quantitative estimate of drug-likeness (QED) is 0.164. The van der Waals surface area contributed by atoms with Crippen LogP contribution < -0.4 is 10.6 Å². The van der Waals surface area contributed by atoms with E-state index in [1.54, 1.807) is 12.1 Å². The molecule has 2 amide bonds. The summed E-state index contributed by atoms with van der Waals surface area (Å²) < 4.78 is 0. The number of fused-ring (bicyclic) bond motifs is 4. The van der Waals surface area contributed by atoms with Crippen molar-refractivity contribution >= 4 is 55.9 Å². The van der Waals surface area contributed by atoms with Crippen molar-refractivity contribution in [3.8, 4) is 0 Å². The van der Waals surface area contributed by atoms with Crippen LogP contribution in [-0.4, -0.2) is 69.9 Å². The Hall–Kier alpha value is -5.02. The summed E-state index contributed by atoms with van der Waals surface area (Å²) in [6.07, 6.45) is 1.60. The molecule has 222 valence electrons. The zero-order chi connectivity index (χ0) is 30.6. The number of rotatable bonds is 10. The van der Waals surface area contributed by atoms with Gasteiger partial charge in [-0.1, -0.05) is 24.3 Å². The summed E-state index contributed by atoms with van der Waals surface area (Å²) >= 11 is 0. The minimum atomic E-state index is -0.150. The Kier molecular flexibility index (Phi) is 8.38. The lowest BCUT2D eigenvalue weighted by Crippen LogP contribution is -2.31. The van der Waals surface area contributed by atoms with Crippen LogP contribution in [0.3, 0.4) is 0 Å². The van der Waals surface area contributed by atoms with Gasteiger partial charge < -0.3 is 15.5 Å². The third kappa shape index (κ3) is 6.33. The maximum Gasteiger partial charge on any atom is 0.253 e. The monoisotopic (exact) mass is 585 g/mol. The number of nitrogens with zero attached hydrogens (tertiary/aromatic N) is 5. The first-order valence-electron chi connectivity index (χ1n) is 14.9. The van der Waals surface area contributed by atoms with E-state index >= 15 is 0 Å². The van der Waals surface area contributed by atoms with Crippen molar-refractivity contribution in [2.45, 2.75) is 26.7 Å². The van der Waals surface area contributed by atoms with Crippen molar-refractivity contribution < 1.29 is 9.59 Å². The van der Waals surface area contributed by atoms with E-state index in [2.05, 4.69) is 15.5 Å². The van der Waals surface area contributed by atoms with Gasteiger partial charge >= 0.3 is 0 Å². The molecule has 2 aromatic heterocycles. The third-order valence-electron chi connectivity index (χ3n) is 7.73. The average Bonchev–Trinajstić information content (AvgIpc) is 3.02. The number of benzene rings is 4. The standard InChI is InChI=1S/C35H35N7O2/c1-22-12-14-26-30(20-22)40-32-24(8-4-10-28(32)38-26)34(43)36-16-6-18-42(3)19-7-17-37-35(44)25-9-5-11-29-33(25)41-31-21-23(2)13-15-27(31)39-29/h4-5,8-15,20-21H,6-7,16-19H2,1-3H3,(H,36,43)(H,37,44). The van der Waals surface area contributed by atoms with Crippen molar-refractivity contribution in [2.75, 3.05) is 33.2 Å². The minimum Gasteiger partial charge on any atom is -0.352 e. The minimum absolute atomic E-state index is 0.150.